The monoisotopic (exact) mass is 228 g/mol. The van der Waals surface area contributed by atoms with Gasteiger partial charge < -0.3 is 9.64 Å². The molecule has 0 aromatic heterocycles. The number of carbonyl (C=O) groups excluding carboxylic acids is 1. The van der Waals surface area contributed by atoms with E-state index in [1.54, 1.807) is 7.11 Å². The quantitative estimate of drug-likeness (QED) is 0.743. The molecule has 4 nitrogen and oxygen atoms in total. The number of ether oxygens (including phenoxy) is 1. The van der Waals surface area contributed by atoms with Gasteiger partial charge in [-0.15, -0.1) is 0 Å². The van der Waals surface area contributed by atoms with Crippen LogP contribution in [0.2, 0.25) is 0 Å². The number of amides is 1. The normalized spacial score (nSPS) is 27.5. The van der Waals surface area contributed by atoms with Crippen molar-refractivity contribution in [2.45, 2.75) is 45.8 Å². The van der Waals surface area contributed by atoms with Crippen molar-refractivity contribution in [3.63, 3.8) is 0 Å². The molecular weight excluding hydrogens is 204 g/mol. The van der Waals surface area contributed by atoms with E-state index < -0.39 is 0 Å². The van der Waals surface area contributed by atoms with Crippen LogP contribution in [-0.4, -0.2) is 43.3 Å². The summed E-state index contributed by atoms with van der Waals surface area (Å²) in [6, 6.07) is 0.0229. The highest BCUT2D eigenvalue weighted by atomic mass is 16.5. The van der Waals surface area contributed by atoms with Gasteiger partial charge in [0.15, 0.2) is 0 Å². The second kappa shape index (κ2) is 6.21. The zero-order valence-electron chi connectivity index (χ0n) is 10.8. The highest BCUT2D eigenvalue weighted by Crippen LogP contribution is 2.16. The summed E-state index contributed by atoms with van der Waals surface area (Å²) in [6.45, 7) is 7.75. The molecular formula is C12H24N2O2. The topological polar surface area (TPSA) is 41.6 Å². The molecule has 4 heteroatoms. The van der Waals surface area contributed by atoms with Gasteiger partial charge in [0, 0.05) is 13.7 Å². The molecule has 1 saturated heterocycles. The molecule has 16 heavy (non-hydrogen) atoms. The van der Waals surface area contributed by atoms with Crippen molar-refractivity contribution >= 4 is 5.91 Å². The van der Waals surface area contributed by atoms with E-state index in [1.807, 2.05) is 11.8 Å². The number of nitrogens with zero attached hydrogens (tertiary/aromatic N) is 1. The fraction of sp³-hybridized carbons (Fsp3) is 0.917. The molecule has 0 aliphatic carbocycles. The van der Waals surface area contributed by atoms with E-state index in [2.05, 4.69) is 19.2 Å². The Kier molecular flexibility index (Phi) is 5.22. The van der Waals surface area contributed by atoms with Crippen molar-refractivity contribution in [1.29, 1.82) is 0 Å². The Hall–Kier alpha value is -0.610. The van der Waals surface area contributed by atoms with Gasteiger partial charge in [-0.1, -0.05) is 20.3 Å². The van der Waals surface area contributed by atoms with Gasteiger partial charge in [0.2, 0.25) is 5.91 Å². The van der Waals surface area contributed by atoms with E-state index in [0.29, 0.717) is 12.5 Å². The maximum atomic E-state index is 12.1. The van der Waals surface area contributed by atoms with Crippen LogP contribution in [0.3, 0.4) is 0 Å². The molecule has 0 spiro atoms. The van der Waals surface area contributed by atoms with Gasteiger partial charge in [-0.05, 0) is 19.3 Å². The van der Waals surface area contributed by atoms with Crippen LogP contribution in [0.15, 0.2) is 0 Å². The maximum absolute atomic E-state index is 12.1. The molecule has 94 valence electrons. The van der Waals surface area contributed by atoms with Crippen molar-refractivity contribution in [3.05, 3.63) is 0 Å². The van der Waals surface area contributed by atoms with Crippen molar-refractivity contribution in [2.75, 3.05) is 20.3 Å². The molecule has 1 N–H and O–H groups in total. The summed E-state index contributed by atoms with van der Waals surface area (Å²) in [5.74, 6) is 0.635. The first-order valence-corrected chi connectivity index (χ1v) is 6.15. The average Bonchev–Trinajstić information content (AvgIpc) is 2.47. The van der Waals surface area contributed by atoms with E-state index in [0.717, 1.165) is 19.4 Å². The van der Waals surface area contributed by atoms with Crippen LogP contribution in [-0.2, 0) is 9.53 Å². The minimum absolute atomic E-state index is 0.0229. The lowest BCUT2D eigenvalue weighted by atomic mass is 10.1. The zero-order valence-corrected chi connectivity index (χ0v) is 10.8. The van der Waals surface area contributed by atoms with Gasteiger partial charge in [-0.25, -0.2) is 0 Å². The first kappa shape index (κ1) is 13.5. The first-order chi connectivity index (χ1) is 7.60. The van der Waals surface area contributed by atoms with E-state index in [9.17, 15) is 4.79 Å². The molecule has 0 saturated carbocycles. The standard InChI is InChI=1S/C12H24N2O2/c1-5-6-11-12(15)14(10(3)13-11)7-9(2)8-16-4/h9-11,13H,5-8H2,1-4H3. The lowest BCUT2D eigenvalue weighted by Crippen LogP contribution is -2.38. The Morgan fingerprint density at radius 3 is 2.81 bits per heavy atom. The van der Waals surface area contributed by atoms with Gasteiger partial charge in [0.1, 0.15) is 0 Å². The molecule has 1 rings (SSSR count). The number of rotatable bonds is 6. The van der Waals surface area contributed by atoms with Gasteiger partial charge >= 0.3 is 0 Å². The Labute approximate surface area is 98.3 Å². The van der Waals surface area contributed by atoms with E-state index >= 15 is 0 Å². The third-order valence-corrected chi connectivity index (χ3v) is 3.03. The molecule has 3 atom stereocenters. The van der Waals surface area contributed by atoms with Gasteiger partial charge in [-0.3, -0.25) is 10.1 Å². The van der Waals surface area contributed by atoms with E-state index in [1.165, 1.54) is 0 Å². The van der Waals surface area contributed by atoms with E-state index in [4.69, 9.17) is 4.74 Å². The van der Waals surface area contributed by atoms with E-state index in [-0.39, 0.29) is 18.1 Å². The van der Waals surface area contributed by atoms with Crippen LogP contribution in [0.5, 0.6) is 0 Å². The summed E-state index contributed by atoms with van der Waals surface area (Å²) in [6.07, 6.45) is 2.12. The number of hydrogen-bond acceptors (Lipinski definition) is 3. The van der Waals surface area contributed by atoms with Crippen LogP contribution < -0.4 is 5.32 Å². The van der Waals surface area contributed by atoms with Gasteiger partial charge in [-0.2, -0.15) is 0 Å². The van der Waals surface area contributed by atoms with Crippen LogP contribution in [0, 0.1) is 5.92 Å². The Morgan fingerprint density at radius 2 is 2.25 bits per heavy atom. The Balaban J connectivity index is 2.50. The highest BCUT2D eigenvalue weighted by Gasteiger charge is 2.35. The van der Waals surface area contributed by atoms with Crippen LogP contribution >= 0.6 is 0 Å². The van der Waals surface area contributed by atoms with Gasteiger partial charge in [0.05, 0.1) is 18.8 Å². The predicted molar refractivity (Wildman–Crippen MR) is 64.0 cm³/mol. The van der Waals surface area contributed by atoms with Crippen LogP contribution in [0.25, 0.3) is 0 Å². The molecule has 1 fully saturated rings. The molecule has 1 heterocycles. The van der Waals surface area contributed by atoms with Gasteiger partial charge in [0.25, 0.3) is 0 Å². The summed E-state index contributed by atoms with van der Waals surface area (Å²) in [7, 11) is 1.70. The zero-order chi connectivity index (χ0) is 12.1. The molecule has 0 aromatic rings. The molecule has 0 bridgehead atoms. The maximum Gasteiger partial charge on any atom is 0.241 e. The largest absolute Gasteiger partial charge is 0.384 e. The lowest BCUT2D eigenvalue weighted by molar-refractivity contribution is -0.130. The Bertz CT molecular complexity index is 233. The second-order valence-corrected chi connectivity index (χ2v) is 4.74. The highest BCUT2D eigenvalue weighted by molar-refractivity contribution is 5.84. The molecule has 1 amide bonds. The third kappa shape index (κ3) is 3.19. The SMILES string of the molecule is CCCC1NC(C)N(CC(C)COC)C1=O. The summed E-state index contributed by atoms with van der Waals surface area (Å²) in [5, 5.41) is 3.34. The fourth-order valence-electron chi connectivity index (χ4n) is 2.26. The third-order valence-electron chi connectivity index (χ3n) is 3.03. The predicted octanol–water partition coefficient (Wildman–Crippen LogP) is 1.22. The minimum Gasteiger partial charge on any atom is -0.384 e. The van der Waals surface area contributed by atoms with Crippen LogP contribution in [0.4, 0.5) is 0 Å². The van der Waals surface area contributed by atoms with Crippen molar-refractivity contribution < 1.29 is 9.53 Å². The summed E-state index contributed by atoms with van der Waals surface area (Å²) in [4.78, 5) is 14.0. The fourth-order valence-corrected chi connectivity index (χ4v) is 2.26. The summed E-state index contributed by atoms with van der Waals surface area (Å²) < 4.78 is 5.10. The van der Waals surface area contributed by atoms with Crippen molar-refractivity contribution in [2.24, 2.45) is 5.92 Å². The molecule has 0 aromatic carbocycles. The molecule has 0 radical (unpaired) electrons. The number of methoxy groups -OCH3 is 1. The molecule has 1 aliphatic heterocycles. The average molecular weight is 228 g/mol. The summed E-state index contributed by atoms with van der Waals surface area (Å²) in [5.41, 5.74) is 0. The number of carbonyl (C=O) groups is 1. The lowest BCUT2D eigenvalue weighted by Gasteiger charge is -2.24. The first-order valence-electron chi connectivity index (χ1n) is 6.15. The second-order valence-electron chi connectivity index (χ2n) is 4.74. The molecule has 1 aliphatic rings. The smallest absolute Gasteiger partial charge is 0.241 e. The molecule has 3 unspecified atom stereocenters. The number of nitrogens with one attached hydrogen (secondary N) is 1. The summed E-state index contributed by atoms with van der Waals surface area (Å²) >= 11 is 0. The number of hydrogen-bond donors (Lipinski definition) is 1. The van der Waals surface area contributed by atoms with Crippen molar-refractivity contribution in [1.82, 2.24) is 10.2 Å². The minimum atomic E-state index is 0.0229. The van der Waals surface area contributed by atoms with Crippen molar-refractivity contribution in [3.8, 4) is 0 Å². The van der Waals surface area contributed by atoms with Crippen LogP contribution in [0.1, 0.15) is 33.6 Å². The Morgan fingerprint density at radius 1 is 1.56 bits per heavy atom.